The Balaban J connectivity index is 1.88. The first-order chi connectivity index (χ1) is 13.6. The molecule has 1 aliphatic carbocycles. The molecule has 0 aliphatic heterocycles. The molecule has 0 spiro atoms. The van der Waals surface area contributed by atoms with Crippen molar-refractivity contribution < 1.29 is 14.0 Å². The minimum Gasteiger partial charge on any atom is -0.285 e. The molecule has 5 rings (SSSR count). The smallest absolute Gasteiger partial charge is 0.238 e. The summed E-state index contributed by atoms with van der Waals surface area (Å²) in [5, 5.41) is 4.67. The van der Waals surface area contributed by atoms with Gasteiger partial charge in [-0.2, -0.15) is 5.10 Å². The van der Waals surface area contributed by atoms with E-state index in [1.165, 1.54) is 12.1 Å². The molecule has 134 valence electrons. The van der Waals surface area contributed by atoms with Crippen LogP contribution in [0.15, 0.2) is 78.9 Å². The Bertz CT molecular complexity index is 1240. The van der Waals surface area contributed by atoms with Crippen molar-refractivity contribution >= 4 is 11.6 Å². The van der Waals surface area contributed by atoms with Crippen molar-refractivity contribution in [2.75, 3.05) is 0 Å². The first-order valence-corrected chi connectivity index (χ1v) is 8.78. The van der Waals surface area contributed by atoms with E-state index in [4.69, 9.17) is 0 Å². The van der Waals surface area contributed by atoms with Crippen molar-refractivity contribution in [3.05, 3.63) is 95.8 Å². The van der Waals surface area contributed by atoms with Crippen LogP contribution in [0, 0.1) is 5.82 Å². The third kappa shape index (κ3) is 2.33. The van der Waals surface area contributed by atoms with Crippen LogP contribution in [0.2, 0.25) is 0 Å². The molecule has 0 saturated heterocycles. The fourth-order valence-corrected chi connectivity index (χ4v) is 3.57. The van der Waals surface area contributed by atoms with Crippen molar-refractivity contribution in [3.8, 4) is 28.2 Å². The maximum Gasteiger partial charge on any atom is 0.238 e. The van der Waals surface area contributed by atoms with Crippen molar-refractivity contribution in [1.82, 2.24) is 9.78 Å². The first kappa shape index (κ1) is 16.3. The zero-order valence-electron chi connectivity index (χ0n) is 14.6. The van der Waals surface area contributed by atoms with Gasteiger partial charge in [0.15, 0.2) is 0 Å². The topological polar surface area (TPSA) is 52.0 Å². The first-order valence-electron chi connectivity index (χ1n) is 8.78. The van der Waals surface area contributed by atoms with Crippen LogP contribution < -0.4 is 0 Å². The van der Waals surface area contributed by atoms with Crippen LogP contribution in [0.3, 0.4) is 0 Å². The van der Waals surface area contributed by atoms with Gasteiger partial charge in [-0.1, -0.05) is 42.5 Å². The summed E-state index contributed by atoms with van der Waals surface area (Å²) in [6.07, 6.45) is 0. The molecule has 0 N–H and O–H groups in total. The third-order valence-corrected chi connectivity index (χ3v) is 4.86. The summed E-state index contributed by atoms with van der Waals surface area (Å²) >= 11 is 0. The van der Waals surface area contributed by atoms with Gasteiger partial charge in [-0.05, 0) is 36.4 Å². The molecule has 28 heavy (non-hydrogen) atoms. The van der Waals surface area contributed by atoms with Crippen LogP contribution in [0.4, 0.5) is 4.39 Å². The van der Waals surface area contributed by atoms with E-state index in [-0.39, 0.29) is 11.4 Å². The highest BCUT2D eigenvalue weighted by atomic mass is 19.1. The van der Waals surface area contributed by atoms with Gasteiger partial charge in [-0.25, -0.2) is 9.07 Å². The Hall–Kier alpha value is -3.86. The Morgan fingerprint density at radius 3 is 2.07 bits per heavy atom. The zero-order chi connectivity index (χ0) is 19.3. The largest absolute Gasteiger partial charge is 0.285 e. The lowest BCUT2D eigenvalue weighted by Gasteiger charge is -2.17. The van der Waals surface area contributed by atoms with Crippen molar-refractivity contribution in [2.24, 2.45) is 0 Å². The van der Waals surface area contributed by atoms with Gasteiger partial charge in [-0.15, -0.1) is 0 Å². The second-order valence-corrected chi connectivity index (χ2v) is 6.53. The van der Waals surface area contributed by atoms with E-state index in [1.54, 1.807) is 28.9 Å². The summed E-state index contributed by atoms with van der Waals surface area (Å²) in [4.78, 5) is 25.7. The van der Waals surface area contributed by atoms with Gasteiger partial charge >= 0.3 is 0 Å². The summed E-state index contributed by atoms with van der Waals surface area (Å²) in [6, 6.07) is 22.2. The highest BCUT2D eigenvalue weighted by Crippen LogP contribution is 2.40. The van der Waals surface area contributed by atoms with E-state index < -0.39 is 11.6 Å². The number of aromatic nitrogens is 2. The van der Waals surface area contributed by atoms with Gasteiger partial charge in [0.2, 0.25) is 11.6 Å². The standard InChI is InChI=1S/C23H13FN2O2/c24-15-12-10-14(11-13-15)20-19-21(26(25-20)16-6-2-1-3-7-16)17-8-4-5-9-18(17)22(27)23(19)28/h1-13H. The van der Waals surface area contributed by atoms with Gasteiger partial charge in [0.1, 0.15) is 11.5 Å². The van der Waals surface area contributed by atoms with Crippen LogP contribution in [0.1, 0.15) is 20.7 Å². The van der Waals surface area contributed by atoms with Gasteiger partial charge in [-0.3, -0.25) is 9.59 Å². The number of carbonyl (C=O) groups excluding carboxylic acids is 2. The fraction of sp³-hybridized carbons (Fsp3) is 0. The maximum atomic E-state index is 13.4. The number of para-hydroxylation sites is 1. The summed E-state index contributed by atoms with van der Waals surface area (Å²) < 4.78 is 15.1. The van der Waals surface area contributed by atoms with Crippen molar-refractivity contribution in [3.63, 3.8) is 0 Å². The fourth-order valence-electron chi connectivity index (χ4n) is 3.57. The number of fused-ring (bicyclic) bond motifs is 3. The number of nitrogens with zero attached hydrogens (tertiary/aromatic N) is 2. The molecular weight excluding hydrogens is 355 g/mol. The minimum atomic E-state index is -0.602. The summed E-state index contributed by atoms with van der Waals surface area (Å²) in [7, 11) is 0. The highest BCUT2D eigenvalue weighted by molar-refractivity contribution is 6.53. The van der Waals surface area contributed by atoms with Crippen LogP contribution >= 0.6 is 0 Å². The third-order valence-electron chi connectivity index (χ3n) is 4.86. The van der Waals surface area contributed by atoms with Crippen molar-refractivity contribution in [1.29, 1.82) is 0 Å². The predicted molar refractivity (Wildman–Crippen MR) is 103 cm³/mol. The normalized spacial score (nSPS) is 12.6. The molecule has 1 aliphatic rings. The number of carbonyl (C=O) groups is 2. The molecule has 0 bridgehead atoms. The van der Waals surface area contributed by atoms with Crippen LogP contribution in [0.5, 0.6) is 0 Å². The van der Waals surface area contributed by atoms with E-state index in [2.05, 4.69) is 5.10 Å². The molecule has 0 fully saturated rings. The average molecular weight is 368 g/mol. The van der Waals surface area contributed by atoms with E-state index in [9.17, 15) is 14.0 Å². The Morgan fingerprint density at radius 1 is 0.714 bits per heavy atom. The molecule has 1 aromatic heterocycles. The number of benzene rings is 3. The molecule has 5 heteroatoms. The van der Waals surface area contributed by atoms with E-state index in [0.29, 0.717) is 28.1 Å². The minimum absolute atomic E-state index is 0.249. The van der Waals surface area contributed by atoms with Gasteiger partial charge in [0.25, 0.3) is 0 Å². The van der Waals surface area contributed by atoms with Crippen LogP contribution in [-0.4, -0.2) is 21.3 Å². The molecule has 0 amide bonds. The molecule has 0 atom stereocenters. The lowest BCUT2D eigenvalue weighted by molar-refractivity contribution is 0.0815. The zero-order valence-corrected chi connectivity index (χ0v) is 14.6. The van der Waals surface area contributed by atoms with Crippen LogP contribution in [-0.2, 0) is 0 Å². The summed E-state index contributed by atoms with van der Waals surface area (Å²) in [6.45, 7) is 0. The number of hydrogen-bond donors (Lipinski definition) is 0. The Kier molecular flexibility index (Phi) is 3.55. The monoisotopic (exact) mass is 368 g/mol. The molecular formula is C23H13FN2O2. The average Bonchev–Trinajstić information content (AvgIpc) is 3.14. The van der Waals surface area contributed by atoms with E-state index in [0.717, 1.165) is 5.69 Å². The van der Waals surface area contributed by atoms with E-state index >= 15 is 0 Å². The number of hydrogen-bond acceptors (Lipinski definition) is 3. The number of ketones is 2. The second-order valence-electron chi connectivity index (χ2n) is 6.53. The predicted octanol–water partition coefficient (Wildman–Crippen LogP) is 4.72. The second kappa shape index (κ2) is 6.09. The summed E-state index contributed by atoms with van der Waals surface area (Å²) in [5.74, 6) is -1.54. The molecule has 0 saturated carbocycles. The molecule has 0 radical (unpaired) electrons. The lowest BCUT2D eigenvalue weighted by Crippen LogP contribution is -2.21. The highest BCUT2D eigenvalue weighted by Gasteiger charge is 2.37. The molecule has 0 unspecified atom stereocenters. The van der Waals surface area contributed by atoms with Gasteiger partial charge < -0.3 is 0 Å². The quantitative estimate of drug-likeness (QED) is 0.481. The lowest BCUT2D eigenvalue weighted by atomic mass is 9.86. The maximum absolute atomic E-state index is 13.4. The molecule has 4 aromatic rings. The van der Waals surface area contributed by atoms with E-state index in [1.807, 2.05) is 42.5 Å². The summed E-state index contributed by atoms with van der Waals surface area (Å²) in [5.41, 5.74) is 3.56. The Labute approximate surface area is 159 Å². The van der Waals surface area contributed by atoms with Gasteiger partial charge in [0.05, 0.1) is 16.9 Å². The van der Waals surface area contributed by atoms with Crippen LogP contribution in [0.25, 0.3) is 28.2 Å². The number of Topliss-reactive ketones (excluding diaryl/α,β-unsaturated/α-hetero) is 2. The Morgan fingerprint density at radius 2 is 1.36 bits per heavy atom. The van der Waals surface area contributed by atoms with Crippen molar-refractivity contribution in [2.45, 2.75) is 0 Å². The molecule has 4 nitrogen and oxygen atoms in total. The number of halogens is 1. The number of rotatable bonds is 2. The SMILES string of the molecule is O=C1C(=O)c2c(-c3ccc(F)cc3)nn(-c3ccccc3)c2-c2ccccc21. The van der Waals surface area contributed by atoms with Gasteiger partial charge in [0, 0.05) is 16.7 Å². The molecule has 3 aromatic carbocycles. The molecule has 1 heterocycles.